The van der Waals surface area contributed by atoms with Gasteiger partial charge in [-0.05, 0) is 71.9 Å². The second-order valence-electron chi connectivity index (χ2n) is 10.5. The first kappa shape index (κ1) is 24.6. The van der Waals surface area contributed by atoms with Gasteiger partial charge in [-0.3, -0.25) is 9.10 Å². The summed E-state index contributed by atoms with van der Waals surface area (Å²) in [6, 6.07) is 11.9. The molecule has 0 spiro atoms. The average Bonchev–Trinajstić information content (AvgIpc) is 2.79. The van der Waals surface area contributed by atoms with E-state index < -0.39 is 16.1 Å². The van der Waals surface area contributed by atoms with Gasteiger partial charge in [0.1, 0.15) is 5.75 Å². The summed E-state index contributed by atoms with van der Waals surface area (Å²) >= 11 is 0. The van der Waals surface area contributed by atoms with E-state index in [1.165, 1.54) is 34.5 Å². The van der Waals surface area contributed by atoms with Crippen LogP contribution in [0.25, 0.3) is 0 Å². The van der Waals surface area contributed by atoms with Crippen molar-refractivity contribution in [3.05, 3.63) is 58.7 Å². The molecule has 0 radical (unpaired) electrons. The van der Waals surface area contributed by atoms with Crippen molar-refractivity contribution in [3.8, 4) is 5.75 Å². The lowest BCUT2D eigenvalue weighted by Crippen LogP contribution is -2.51. The Balaban J connectivity index is 1.58. The third kappa shape index (κ3) is 5.09. The van der Waals surface area contributed by atoms with Crippen molar-refractivity contribution in [3.63, 3.8) is 0 Å². The molecule has 0 unspecified atom stereocenters. The third-order valence-corrected chi connectivity index (χ3v) is 8.03. The molecule has 1 N–H and O–H groups in total. The van der Waals surface area contributed by atoms with Crippen LogP contribution in [0.3, 0.4) is 0 Å². The van der Waals surface area contributed by atoms with Crippen LogP contribution in [-0.4, -0.2) is 33.2 Å². The Labute approximate surface area is 203 Å². The maximum Gasteiger partial charge on any atom is 0.263 e. The van der Waals surface area contributed by atoms with Crippen LogP contribution < -0.4 is 14.4 Å². The Bertz CT molecular complexity index is 1180. The number of hydrogen-bond donors (Lipinski definition) is 1. The molecule has 2 atom stereocenters. The normalized spacial score (nSPS) is 19.0. The van der Waals surface area contributed by atoms with E-state index in [1.807, 2.05) is 19.1 Å². The molecule has 184 valence electrons. The van der Waals surface area contributed by atoms with E-state index in [4.69, 9.17) is 4.74 Å². The van der Waals surface area contributed by atoms with Gasteiger partial charge < -0.3 is 10.1 Å². The summed E-state index contributed by atoms with van der Waals surface area (Å²) in [5.41, 5.74) is 5.21. The predicted molar refractivity (Wildman–Crippen MR) is 136 cm³/mol. The zero-order chi connectivity index (χ0) is 24.7. The first-order valence-corrected chi connectivity index (χ1v) is 14.0. The first-order chi connectivity index (χ1) is 16.0. The minimum absolute atomic E-state index is 0.0497. The number of anilines is 1. The molecule has 0 saturated carbocycles. The number of aryl methyl sites for hydroxylation is 2. The quantitative estimate of drug-likeness (QED) is 0.670. The highest BCUT2D eigenvalue weighted by atomic mass is 32.2. The summed E-state index contributed by atoms with van der Waals surface area (Å²) in [4.78, 5) is 13.3. The Morgan fingerprint density at radius 1 is 1.12 bits per heavy atom. The molecule has 0 saturated heterocycles. The predicted octanol–water partition coefficient (Wildman–Crippen LogP) is 4.66. The van der Waals surface area contributed by atoms with E-state index in [2.05, 4.69) is 44.3 Å². The van der Waals surface area contributed by atoms with Crippen LogP contribution >= 0.6 is 0 Å². The summed E-state index contributed by atoms with van der Waals surface area (Å²) < 4.78 is 32.6. The zero-order valence-electron chi connectivity index (χ0n) is 20.8. The summed E-state index contributed by atoms with van der Waals surface area (Å²) in [6.45, 7) is 8.21. The molecule has 2 aromatic rings. The number of fused-ring (bicyclic) bond motifs is 2. The number of carbonyl (C=O) groups is 1. The number of benzene rings is 2. The Hall–Kier alpha value is -2.54. The molecule has 0 bridgehead atoms. The number of ether oxygens (including phenoxy) is 1. The van der Waals surface area contributed by atoms with Crippen LogP contribution in [-0.2, 0) is 33.1 Å². The van der Waals surface area contributed by atoms with Gasteiger partial charge in [0, 0.05) is 0 Å². The van der Waals surface area contributed by atoms with Crippen LogP contribution in [0.15, 0.2) is 36.4 Å². The second-order valence-corrected chi connectivity index (χ2v) is 12.4. The highest BCUT2D eigenvalue weighted by Gasteiger charge is 2.36. The molecule has 1 aliphatic carbocycles. The van der Waals surface area contributed by atoms with Gasteiger partial charge in [0.15, 0.2) is 6.10 Å². The summed E-state index contributed by atoms with van der Waals surface area (Å²) in [7, 11) is -3.59. The van der Waals surface area contributed by atoms with E-state index in [9.17, 15) is 13.2 Å². The summed E-state index contributed by atoms with van der Waals surface area (Å²) in [6.07, 6.45) is 5.61. The largest absolute Gasteiger partial charge is 0.476 e. The number of hydrogen-bond acceptors (Lipinski definition) is 4. The van der Waals surface area contributed by atoms with Gasteiger partial charge in [0.05, 0.1) is 24.5 Å². The van der Waals surface area contributed by atoms with Crippen LogP contribution in [0.5, 0.6) is 5.75 Å². The fraction of sp³-hybridized carbons (Fsp3) is 0.519. The lowest BCUT2D eigenvalue weighted by atomic mass is 9.86. The minimum Gasteiger partial charge on any atom is -0.476 e. The molecule has 34 heavy (non-hydrogen) atoms. The number of carbonyl (C=O) groups excluding carboxylic acids is 1. The zero-order valence-corrected chi connectivity index (χ0v) is 21.7. The molecular formula is C27H36N2O4S. The minimum atomic E-state index is -3.59. The standard InChI is InChI=1S/C27H36N2O4S/c1-6-22(20-12-11-18-9-7-8-10-19(18)15-20)28-26(30)25-17-29(34(5,31)32)23-16-21(27(2,3)4)13-14-24(23)33-25/h11-16,22,25H,6-10,17H2,1-5H3,(H,28,30)/t22-,25+/m1/s1. The molecule has 2 aromatic carbocycles. The molecule has 1 heterocycles. The number of amides is 1. The van der Waals surface area contributed by atoms with Crippen molar-refractivity contribution in [1.82, 2.24) is 5.32 Å². The fourth-order valence-electron chi connectivity index (χ4n) is 4.82. The highest BCUT2D eigenvalue weighted by Crippen LogP contribution is 2.38. The topological polar surface area (TPSA) is 75.7 Å². The first-order valence-electron chi connectivity index (χ1n) is 12.2. The van der Waals surface area contributed by atoms with Crippen molar-refractivity contribution in [2.75, 3.05) is 17.1 Å². The Kier molecular flexibility index (Phi) is 6.69. The summed E-state index contributed by atoms with van der Waals surface area (Å²) in [5.74, 6) is 0.107. The van der Waals surface area contributed by atoms with E-state index >= 15 is 0 Å². The molecule has 6 nitrogen and oxygen atoms in total. The SMILES string of the molecule is CC[C@@H](NC(=O)[C@@H]1CN(S(C)(=O)=O)c2cc(C(C)(C)C)ccc2O1)c1ccc2c(c1)CCCC2. The third-order valence-electron chi connectivity index (χ3n) is 6.89. The second kappa shape index (κ2) is 9.25. The molecule has 1 aliphatic heterocycles. The summed E-state index contributed by atoms with van der Waals surface area (Å²) in [5, 5.41) is 3.11. The monoisotopic (exact) mass is 484 g/mol. The molecule has 0 fully saturated rings. The van der Waals surface area contributed by atoms with E-state index in [0.717, 1.165) is 30.4 Å². The number of nitrogens with zero attached hydrogens (tertiary/aromatic N) is 1. The number of nitrogens with one attached hydrogen (secondary N) is 1. The average molecular weight is 485 g/mol. The molecule has 7 heteroatoms. The van der Waals surface area contributed by atoms with Crippen molar-refractivity contribution in [1.29, 1.82) is 0 Å². The van der Waals surface area contributed by atoms with Gasteiger partial charge in [-0.2, -0.15) is 0 Å². The maximum absolute atomic E-state index is 13.3. The van der Waals surface area contributed by atoms with Crippen LogP contribution in [0.4, 0.5) is 5.69 Å². The van der Waals surface area contributed by atoms with Gasteiger partial charge in [-0.15, -0.1) is 0 Å². The number of sulfonamides is 1. The molecular weight excluding hydrogens is 448 g/mol. The van der Waals surface area contributed by atoms with Crippen LogP contribution in [0.2, 0.25) is 0 Å². The van der Waals surface area contributed by atoms with Crippen LogP contribution in [0.1, 0.15) is 75.3 Å². The van der Waals surface area contributed by atoms with Gasteiger partial charge in [-0.1, -0.05) is 52.0 Å². The van der Waals surface area contributed by atoms with Crippen molar-refractivity contribution in [2.24, 2.45) is 0 Å². The van der Waals surface area contributed by atoms with E-state index in [0.29, 0.717) is 11.4 Å². The highest BCUT2D eigenvalue weighted by molar-refractivity contribution is 7.92. The van der Waals surface area contributed by atoms with E-state index in [-0.39, 0.29) is 23.9 Å². The molecule has 0 aromatic heterocycles. The van der Waals surface area contributed by atoms with Crippen molar-refractivity contribution >= 4 is 21.6 Å². The Morgan fingerprint density at radius 3 is 2.47 bits per heavy atom. The van der Waals surface area contributed by atoms with Gasteiger partial charge in [0.2, 0.25) is 10.0 Å². The van der Waals surface area contributed by atoms with Gasteiger partial charge >= 0.3 is 0 Å². The van der Waals surface area contributed by atoms with Crippen molar-refractivity contribution in [2.45, 2.75) is 77.4 Å². The lowest BCUT2D eigenvalue weighted by molar-refractivity contribution is -0.128. The van der Waals surface area contributed by atoms with E-state index in [1.54, 1.807) is 6.07 Å². The van der Waals surface area contributed by atoms with Gasteiger partial charge in [0.25, 0.3) is 5.91 Å². The number of rotatable bonds is 5. The molecule has 1 amide bonds. The van der Waals surface area contributed by atoms with Crippen molar-refractivity contribution < 1.29 is 17.9 Å². The van der Waals surface area contributed by atoms with Crippen LogP contribution in [0, 0.1) is 0 Å². The smallest absolute Gasteiger partial charge is 0.263 e. The molecule has 2 aliphatic rings. The molecule has 4 rings (SSSR count). The van der Waals surface area contributed by atoms with Gasteiger partial charge in [-0.25, -0.2) is 8.42 Å². The lowest BCUT2D eigenvalue weighted by Gasteiger charge is -2.35. The fourth-order valence-corrected chi connectivity index (χ4v) is 5.73. The maximum atomic E-state index is 13.3. The Morgan fingerprint density at radius 2 is 1.82 bits per heavy atom.